The van der Waals surface area contributed by atoms with Crippen molar-refractivity contribution in [3.05, 3.63) is 36.3 Å². The van der Waals surface area contributed by atoms with Gasteiger partial charge in [-0.05, 0) is 42.3 Å². The molecule has 1 amide bonds. The molecule has 2 saturated heterocycles. The van der Waals surface area contributed by atoms with E-state index in [0.29, 0.717) is 43.6 Å². The van der Waals surface area contributed by atoms with Gasteiger partial charge in [0.25, 0.3) is 0 Å². The van der Waals surface area contributed by atoms with Crippen molar-refractivity contribution in [1.29, 1.82) is 0 Å². The van der Waals surface area contributed by atoms with Gasteiger partial charge in [0.05, 0.1) is 12.6 Å². The summed E-state index contributed by atoms with van der Waals surface area (Å²) in [7, 11) is 0. The van der Waals surface area contributed by atoms with Gasteiger partial charge in [-0.1, -0.05) is 13.8 Å². The average Bonchev–Trinajstić information content (AvgIpc) is 2.89. The topological polar surface area (TPSA) is 111 Å². The van der Waals surface area contributed by atoms with E-state index in [9.17, 15) is 14.3 Å². The van der Waals surface area contributed by atoms with E-state index in [1.54, 1.807) is 24.1 Å². The number of aliphatic hydroxyl groups excluding tert-OH is 1. The number of nitrogens with zero attached hydrogens (tertiary/aromatic N) is 7. The number of pyridine rings is 2. The number of anilines is 4. The number of fused-ring (bicyclic) bond motifs is 1. The molecule has 0 bridgehead atoms. The van der Waals surface area contributed by atoms with E-state index in [2.05, 4.69) is 39.0 Å². The van der Waals surface area contributed by atoms with Crippen molar-refractivity contribution < 1.29 is 14.3 Å². The van der Waals surface area contributed by atoms with Gasteiger partial charge in [-0.25, -0.2) is 19.3 Å². The van der Waals surface area contributed by atoms with Crippen LogP contribution in [0.3, 0.4) is 0 Å². The van der Waals surface area contributed by atoms with Gasteiger partial charge in [-0.2, -0.15) is 4.98 Å². The van der Waals surface area contributed by atoms with E-state index >= 15 is 0 Å². The number of carbonyl (C=O) groups is 1. The number of carbonyl (C=O) groups excluding carboxylic acids is 1. The van der Waals surface area contributed by atoms with Crippen LogP contribution in [-0.4, -0.2) is 86.9 Å². The van der Waals surface area contributed by atoms with Gasteiger partial charge in [0.15, 0.2) is 5.67 Å². The van der Waals surface area contributed by atoms with E-state index in [1.165, 1.54) is 6.92 Å². The minimum atomic E-state index is -1.72. The Morgan fingerprint density at radius 3 is 2.53 bits per heavy atom. The third-order valence-corrected chi connectivity index (χ3v) is 7.48. The van der Waals surface area contributed by atoms with E-state index in [4.69, 9.17) is 4.98 Å². The van der Waals surface area contributed by atoms with Crippen LogP contribution in [0.4, 0.5) is 27.8 Å². The third kappa shape index (κ3) is 5.20. The highest BCUT2D eigenvalue weighted by molar-refractivity contribution is 5.95. The first-order valence-electron chi connectivity index (χ1n) is 13.1. The molecule has 10 nitrogen and oxygen atoms in total. The van der Waals surface area contributed by atoms with Gasteiger partial charge in [-0.3, -0.25) is 4.79 Å². The van der Waals surface area contributed by atoms with Crippen LogP contribution in [0.5, 0.6) is 0 Å². The number of aromatic nitrogens is 4. The molecule has 2 atom stereocenters. The monoisotopic (exact) mass is 522 g/mol. The zero-order chi connectivity index (χ0) is 27.0. The molecular weight excluding hydrogens is 487 g/mol. The van der Waals surface area contributed by atoms with Gasteiger partial charge < -0.3 is 25.1 Å². The molecule has 2 fully saturated rings. The van der Waals surface area contributed by atoms with Crippen LogP contribution in [-0.2, 0) is 4.79 Å². The van der Waals surface area contributed by atoms with Crippen LogP contribution < -0.4 is 15.1 Å². The number of hydrogen-bond donors (Lipinski definition) is 2. The molecule has 38 heavy (non-hydrogen) atoms. The Balaban J connectivity index is 1.41. The maximum Gasteiger partial charge on any atom is 0.227 e. The predicted octanol–water partition coefficient (Wildman–Crippen LogP) is 3.25. The van der Waals surface area contributed by atoms with E-state index in [0.717, 1.165) is 35.2 Å². The number of piperazine rings is 1. The molecule has 0 aliphatic carbocycles. The first-order chi connectivity index (χ1) is 18.1. The lowest BCUT2D eigenvalue weighted by atomic mass is 9.94. The molecule has 0 aromatic carbocycles. The van der Waals surface area contributed by atoms with Crippen LogP contribution in [0.2, 0.25) is 0 Å². The summed E-state index contributed by atoms with van der Waals surface area (Å²) in [5.41, 5.74) is -0.600. The molecule has 0 spiro atoms. The van der Waals surface area contributed by atoms with Gasteiger partial charge >= 0.3 is 0 Å². The number of alkyl halides is 1. The predicted molar refractivity (Wildman–Crippen MR) is 146 cm³/mol. The van der Waals surface area contributed by atoms with Gasteiger partial charge in [0, 0.05) is 63.6 Å². The molecule has 202 valence electrons. The van der Waals surface area contributed by atoms with Crippen molar-refractivity contribution in [2.24, 2.45) is 0 Å². The summed E-state index contributed by atoms with van der Waals surface area (Å²) < 4.78 is 14.7. The molecule has 11 heteroatoms. The zero-order valence-electron chi connectivity index (χ0n) is 22.4. The van der Waals surface area contributed by atoms with Crippen LogP contribution in [0.15, 0.2) is 30.7 Å². The highest BCUT2D eigenvalue weighted by Crippen LogP contribution is 2.33. The van der Waals surface area contributed by atoms with Gasteiger partial charge in [0.2, 0.25) is 11.9 Å². The lowest BCUT2D eigenvalue weighted by molar-refractivity contribution is -0.129. The standard InChI is InChI=1S/C27H35FN8O2/c1-17(2)20-14-31-25(35-11-9-34(10-12-35)18(3)37)21-15-30-24(13-19(20)21)32-23-5-7-29-26(33-23)36-8-6-22(38)27(4,28)16-36/h5,7,13-15,17,22,38H,6,8-12,16H2,1-4H3,(H,29,30,32,33)/t22-,27+/m1/s1. The summed E-state index contributed by atoms with van der Waals surface area (Å²) in [5.74, 6) is 2.82. The van der Waals surface area contributed by atoms with Crippen molar-refractivity contribution in [3.8, 4) is 0 Å². The fourth-order valence-electron chi connectivity index (χ4n) is 5.16. The summed E-state index contributed by atoms with van der Waals surface area (Å²) >= 11 is 0. The fourth-order valence-corrected chi connectivity index (χ4v) is 5.16. The van der Waals surface area contributed by atoms with E-state index < -0.39 is 11.8 Å². The molecule has 2 aliphatic heterocycles. The average molecular weight is 523 g/mol. The normalized spacial score (nSPS) is 22.3. The number of rotatable bonds is 5. The molecule has 5 rings (SSSR count). The Morgan fingerprint density at radius 2 is 1.84 bits per heavy atom. The quantitative estimate of drug-likeness (QED) is 0.522. The molecule has 3 aromatic rings. The Morgan fingerprint density at radius 1 is 1.08 bits per heavy atom. The molecule has 5 heterocycles. The highest BCUT2D eigenvalue weighted by Gasteiger charge is 2.39. The van der Waals surface area contributed by atoms with Crippen molar-refractivity contribution >= 4 is 40.1 Å². The summed E-state index contributed by atoms with van der Waals surface area (Å²) in [5, 5.41) is 15.3. The SMILES string of the molecule is CC(=O)N1CCN(c2ncc(C(C)C)c3cc(Nc4ccnc(N5CC[C@@H](O)[C@@](C)(F)C5)n4)ncc23)CC1. The second-order valence-corrected chi connectivity index (χ2v) is 10.7. The smallest absolute Gasteiger partial charge is 0.227 e. The van der Waals surface area contributed by atoms with Crippen molar-refractivity contribution in [3.63, 3.8) is 0 Å². The number of aliphatic hydroxyl groups is 1. The maximum absolute atomic E-state index is 14.7. The first kappa shape index (κ1) is 26.0. The number of piperidine rings is 1. The second kappa shape index (κ2) is 10.3. The van der Waals surface area contributed by atoms with E-state index in [-0.39, 0.29) is 18.4 Å². The lowest BCUT2D eigenvalue weighted by Crippen LogP contribution is -2.52. The number of amides is 1. The Hall–Kier alpha value is -3.60. The minimum absolute atomic E-state index is 0.0278. The zero-order valence-corrected chi connectivity index (χ0v) is 22.4. The largest absolute Gasteiger partial charge is 0.390 e. The molecule has 2 aliphatic rings. The molecule has 0 unspecified atom stereocenters. The summed E-state index contributed by atoms with van der Waals surface area (Å²) in [6.45, 7) is 10.6. The number of nitrogens with one attached hydrogen (secondary N) is 1. The third-order valence-electron chi connectivity index (χ3n) is 7.48. The maximum atomic E-state index is 14.7. The van der Waals surface area contributed by atoms with Crippen LogP contribution in [0.25, 0.3) is 10.8 Å². The Kier molecular flexibility index (Phi) is 7.04. The Labute approximate surface area is 221 Å². The number of halogens is 1. The van der Waals surface area contributed by atoms with Crippen molar-refractivity contribution in [1.82, 2.24) is 24.8 Å². The molecule has 3 aromatic heterocycles. The minimum Gasteiger partial charge on any atom is -0.390 e. The van der Waals surface area contributed by atoms with Crippen molar-refractivity contribution in [2.75, 3.05) is 54.4 Å². The molecular formula is C27H35FN8O2. The molecule has 0 radical (unpaired) electrons. The van der Waals surface area contributed by atoms with E-state index in [1.807, 2.05) is 23.4 Å². The molecule has 0 saturated carbocycles. The van der Waals surface area contributed by atoms with Gasteiger partial charge in [0.1, 0.15) is 17.5 Å². The van der Waals surface area contributed by atoms with Crippen LogP contribution in [0.1, 0.15) is 45.6 Å². The Bertz CT molecular complexity index is 1330. The van der Waals surface area contributed by atoms with Crippen LogP contribution >= 0.6 is 0 Å². The lowest BCUT2D eigenvalue weighted by Gasteiger charge is -2.38. The highest BCUT2D eigenvalue weighted by atomic mass is 19.1. The molecule has 2 N–H and O–H groups in total. The summed E-state index contributed by atoms with van der Waals surface area (Å²) in [6, 6.07) is 3.76. The summed E-state index contributed by atoms with van der Waals surface area (Å²) in [6.07, 6.45) is 4.73. The number of hydrogen-bond acceptors (Lipinski definition) is 9. The second-order valence-electron chi connectivity index (χ2n) is 10.7. The first-order valence-corrected chi connectivity index (χ1v) is 13.1. The fraction of sp³-hybridized carbons (Fsp3) is 0.519. The van der Waals surface area contributed by atoms with Crippen molar-refractivity contribution in [2.45, 2.75) is 51.8 Å². The summed E-state index contributed by atoms with van der Waals surface area (Å²) in [4.78, 5) is 36.0. The van der Waals surface area contributed by atoms with Gasteiger partial charge in [-0.15, -0.1) is 0 Å². The van der Waals surface area contributed by atoms with Crippen LogP contribution in [0, 0.1) is 0 Å².